The van der Waals surface area contributed by atoms with Crippen LogP contribution in [0.1, 0.15) is 18.9 Å². The van der Waals surface area contributed by atoms with Crippen LogP contribution in [0.25, 0.3) is 0 Å². The molecule has 0 bridgehead atoms. The zero-order chi connectivity index (χ0) is 11.7. The van der Waals surface area contributed by atoms with Crippen molar-refractivity contribution < 1.29 is 0 Å². The fraction of sp³-hybridized carbons (Fsp3) is 0.417. The van der Waals surface area contributed by atoms with Crippen molar-refractivity contribution in [3.8, 4) is 0 Å². The topological polar surface area (TPSA) is 29.3 Å². The largest absolute Gasteiger partial charge is 0.389 e. The smallest absolute Gasteiger partial charge is 0.105 e. The minimum Gasteiger partial charge on any atom is -0.389 e. The van der Waals surface area contributed by atoms with Gasteiger partial charge in [-0.3, -0.25) is 0 Å². The van der Waals surface area contributed by atoms with Gasteiger partial charge in [0, 0.05) is 24.3 Å². The van der Waals surface area contributed by atoms with E-state index in [-0.39, 0.29) is 0 Å². The van der Waals surface area contributed by atoms with Gasteiger partial charge in [0.05, 0.1) is 5.02 Å². The quantitative estimate of drug-likeness (QED) is 0.823. The van der Waals surface area contributed by atoms with E-state index < -0.39 is 0 Å². The second-order valence-electron chi connectivity index (χ2n) is 4.37. The Kier molecular flexibility index (Phi) is 3.36. The van der Waals surface area contributed by atoms with Crippen LogP contribution in [0.4, 0.5) is 5.69 Å². The summed E-state index contributed by atoms with van der Waals surface area (Å²) >= 11 is 11.1. The van der Waals surface area contributed by atoms with E-state index in [0.29, 0.717) is 10.0 Å². The van der Waals surface area contributed by atoms with E-state index >= 15 is 0 Å². The molecular weight excluding hydrogens is 240 g/mol. The van der Waals surface area contributed by atoms with Crippen LogP contribution in [0.2, 0.25) is 5.02 Å². The Morgan fingerprint density at radius 3 is 2.81 bits per heavy atom. The van der Waals surface area contributed by atoms with Crippen LogP contribution in [0.15, 0.2) is 18.2 Å². The van der Waals surface area contributed by atoms with Crippen molar-refractivity contribution in [1.29, 1.82) is 0 Å². The van der Waals surface area contributed by atoms with Gasteiger partial charge in [-0.2, -0.15) is 0 Å². The summed E-state index contributed by atoms with van der Waals surface area (Å²) in [5.74, 6) is 0.758. The summed E-state index contributed by atoms with van der Waals surface area (Å²) in [5, 5.41) is 0.643. The van der Waals surface area contributed by atoms with Crippen LogP contribution < -0.4 is 10.6 Å². The number of anilines is 1. The third kappa shape index (κ3) is 2.30. The van der Waals surface area contributed by atoms with E-state index in [4.69, 9.17) is 29.6 Å². The van der Waals surface area contributed by atoms with Crippen molar-refractivity contribution in [1.82, 2.24) is 0 Å². The summed E-state index contributed by atoms with van der Waals surface area (Å²) in [6.07, 6.45) is 1.24. The normalized spacial score (nSPS) is 20.1. The molecule has 0 aliphatic carbocycles. The second kappa shape index (κ2) is 4.60. The number of nitrogens with zero attached hydrogens (tertiary/aromatic N) is 1. The van der Waals surface area contributed by atoms with Crippen molar-refractivity contribution in [2.24, 2.45) is 11.7 Å². The maximum Gasteiger partial charge on any atom is 0.105 e. The highest BCUT2D eigenvalue weighted by Crippen LogP contribution is 2.27. The average Bonchev–Trinajstić information content (AvgIpc) is 2.64. The summed E-state index contributed by atoms with van der Waals surface area (Å²) in [6.45, 7) is 4.47. The highest BCUT2D eigenvalue weighted by molar-refractivity contribution is 7.80. The molecule has 1 aliphatic heterocycles. The van der Waals surface area contributed by atoms with Crippen LogP contribution in [0, 0.1) is 5.92 Å². The molecule has 1 unspecified atom stereocenters. The SMILES string of the molecule is CC1CCN(c2ccc(C(N)=S)c(Cl)c2)C1. The molecule has 2 nitrogen and oxygen atoms in total. The van der Waals surface area contributed by atoms with Gasteiger partial charge < -0.3 is 10.6 Å². The minimum absolute atomic E-state index is 0.353. The Hall–Kier alpha value is -0.800. The molecule has 2 N–H and O–H groups in total. The molecular formula is C12H15ClN2S. The molecule has 0 amide bonds. The lowest BCUT2D eigenvalue weighted by Gasteiger charge is -2.19. The molecule has 2 rings (SSSR count). The van der Waals surface area contributed by atoms with Crippen molar-refractivity contribution in [2.75, 3.05) is 18.0 Å². The molecule has 1 aromatic rings. The Balaban J connectivity index is 2.24. The third-order valence-electron chi connectivity index (χ3n) is 3.01. The van der Waals surface area contributed by atoms with Crippen LogP contribution in [0.5, 0.6) is 0 Å². The Labute approximate surface area is 106 Å². The highest BCUT2D eigenvalue weighted by atomic mass is 35.5. The molecule has 1 aliphatic rings. The average molecular weight is 255 g/mol. The molecule has 0 aromatic heterocycles. The van der Waals surface area contributed by atoms with Gasteiger partial charge in [0.15, 0.2) is 0 Å². The standard InChI is InChI=1S/C12H15ClN2S/c1-8-4-5-15(7-8)9-2-3-10(12(14)16)11(13)6-9/h2-3,6,8H,4-5,7H2,1H3,(H2,14,16). The van der Waals surface area contributed by atoms with E-state index in [2.05, 4.69) is 11.8 Å². The fourth-order valence-corrected chi connectivity index (χ4v) is 2.58. The van der Waals surface area contributed by atoms with Gasteiger partial charge in [0.25, 0.3) is 0 Å². The van der Waals surface area contributed by atoms with Gasteiger partial charge >= 0.3 is 0 Å². The van der Waals surface area contributed by atoms with E-state index in [1.165, 1.54) is 6.42 Å². The van der Waals surface area contributed by atoms with Crippen LogP contribution in [-0.2, 0) is 0 Å². The van der Waals surface area contributed by atoms with Crippen LogP contribution >= 0.6 is 23.8 Å². The minimum atomic E-state index is 0.353. The molecule has 16 heavy (non-hydrogen) atoms. The van der Waals surface area contributed by atoms with E-state index in [1.807, 2.05) is 18.2 Å². The summed E-state index contributed by atoms with van der Waals surface area (Å²) in [7, 11) is 0. The number of halogens is 1. The van der Waals surface area contributed by atoms with Crippen LogP contribution in [-0.4, -0.2) is 18.1 Å². The zero-order valence-corrected chi connectivity index (χ0v) is 10.8. The Morgan fingerprint density at radius 2 is 2.31 bits per heavy atom. The molecule has 1 fully saturated rings. The van der Waals surface area contributed by atoms with Crippen molar-refractivity contribution in [3.05, 3.63) is 28.8 Å². The number of nitrogens with two attached hydrogens (primary N) is 1. The third-order valence-corrected chi connectivity index (χ3v) is 3.54. The molecule has 1 atom stereocenters. The van der Waals surface area contributed by atoms with Gasteiger partial charge in [-0.15, -0.1) is 0 Å². The van der Waals surface area contributed by atoms with Gasteiger partial charge in [-0.1, -0.05) is 30.7 Å². The first-order chi connectivity index (χ1) is 7.58. The number of rotatable bonds is 2. The number of hydrogen-bond donors (Lipinski definition) is 1. The summed E-state index contributed by atoms with van der Waals surface area (Å²) < 4.78 is 0. The molecule has 1 heterocycles. The first kappa shape index (κ1) is 11.7. The molecule has 0 radical (unpaired) electrons. The lowest BCUT2D eigenvalue weighted by molar-refractivity contribution is 0.659. The van der Waals surface area contributed by atoms with E-state index in [9.17, 15) is 0 Å². The summed E-state index contributed by atoms with van der Waals surface area (Å²) in [5.41, 5.74) is 7.49. The van der Waals surface area contributed by atoms with E-state index in [1.54, 1.807) is 0 Å². The first-order valence-electron chi connectivity index (χ1n) is 5.42. The Bertz CT molecular complexity index is 419. The number of benzene rings is 1. The van der Waals surface area contributed by atoms with Crippen molar-refractivity contribution >= 4 is 34.5 Å². The molecule has 4 heteroatoms. The molecule has 0 spiro atoms. The molecule has 86 valence electrons. The molecule has 1 aromatic carbocycles. The van der Waals surface area contributed by atoms with Crippen molar-refractivity contribution in [3.63, 3.8) is 0 Å². The predicted molar refractivity (Wildman–Crippen MR) is 73.3 cm³/mol. The maximum atomic E-state index is 6.15. The highest BCUT2D eigenvalue weighted by Gasteiger charge is 2.19. The predicted octanol–water partition coefficient (Wildman–Crippen LogP) is 2.82. The monoisotopic (exact) mass is 254 g/mol. The van der Waals surface area contributed by atoms with Gasteiger partial charge in [0.1, 0.15) is 4.99 Å². The fourth-order valence-electron chi connectivity index (χ4n) is 2.07. The Morgan fingerprint density at radius 1 is 1.56 bits per heavy atom. The van der Waals surface area contributed by atoms with Gasteiger partial charge in [-0.05, 0) is 30.5 Å². The molecule has 1 saturated heterocycles. The number of hydrogen-bond acceptors (Lipinski definition) is 2. The second-order valence-corrected chi connectivity index (χ2v) is 5.22. The first-order valence-corrected chi connectivity index (χ1v) is 6.21. The summed E-state index contributed by atoms with van der Waals surface area (Å²) in [6, 6.07) is 5.90. The molecule has 0 saturated carbocycles. The van der Waals surface area contributed by atoms with Crippen LogP contribution in [0.3, 0.4) is 0 Å². The maximum absolute atomic E-state index is 6.15. The van der Waals surface area contributed by atoms with Gasteiger partial charge in [0.2, 0.25) is 0 Å². The van der Waals surface area contributed by atoms with Crippen molar-refractivity contribution in [2.45, 2.75) is 13.3 Å². The lowest BCUT2D eigenvalue weighted by atomic mass is 10.2. The van der Waals surface area contributed by atoms with E-state index in [0.717, 1.165) is 30.3 Å². The lowest BCUT2D eigenvalue weighted by Crippen LogP contribution is -2.19. The number of thiocarbonyl (C=S) groups is 1. The van der Waals surface area contributed by atoms with Gasteiger partial charge in [-0.25, -0.2) is 0 Å². The zero-order valence-electron chi connectivity index (χ0n) is 9.24. The summed E-state index contributed by atoms with van der Waals surface area (Å²) in [4.78, 5) is 2.70.